The van der Waals surface area contributed by atoms with Crippen LogP contribution in [0.25, 0.3) is 10.8 Å². The van der Waals surface area contributed by atoms with Crippen molar-refractivity contribution in [2.45, 2.75) is 31.7 Å². The van der Waals surface area contributed by atoms with E-state index in [0.717, 1.165) is 29.3 Å². The molecule has 1 fully saturated rings. The number of carbonyl (C=O) groups excluding carboxylic acids is 2. The van der Waals surface area contributed by atoms with Gasteiger partial charge in [-0.15, -0.1) is 0 Å². The van der Waals surface area contributed by atoms with Crippen LogP contribution in [0.1, 0.15) is 25.7 Å². The van der Waals surface area contributed by atoms with Crippen molar-refractivity contribution < 1.29 is 9.59 Å². The summed E-state index contributed by atoms with van der Waals surface area (Å²) in [7, 11) is 1.79. The van der Waals surface area contributed by atoms with E-state index in [-0.39, 0.29) is 24.9 Å². The van der Waals surface area contributed by atoms with Crippen LogP contribution in [0.3, 0.4) is 0 Å². The molecule has 132 valence electrons. The van der Waals surface area contributed by atoms with Gasteiger partial charge >= 0.3 is 0 Å². The Bertz CT molecular complexity index is 748. The molecule has 0 heterocycles. The Morgan fingerprint density at radius 1 is 1.00 bits per heavy atom. The van der Waals surface area contributed by atoms with Gasteiger partial charge in [-0.1, -0.05) is 49.2 Å². The summed E-state index contributed by atoms with van der Waals surface area (Å²) in [5, 5.41) is 8.10. The van der Waals surface area contributed by atoms with E-state index < -0.39 is 0 Å². The minimum atomic E-state index is -0.118. The third-order valence-electron chi connectivity index (χ3n) is 4.61. The van der Waals surface area contributed by atoms with E-state index in [1.165, 1.54) is 12.8 Å². The molecular weight excluding hydrogens is 314 g/mol. The number of hydrogen-bond donors (Lipinski definition) is 2. The van der Waals surface area contributed by atoms with Gasteiger partial charge in [-0.25, -0.2) is 0 Å². The molecule has 2 aromatic carbocycles. The van der Waals surface area contributed by atoms with Crippen LogP contribution < -0.4 is 10.6 Å². The van der Waals surface area contributed by atoms with Crippen LogP contribution in [0, 0.1) is 0 Å². The van der Waals surface area contributed by atoms with Gasteiger partial charge in [0.25, 0.3) is 0 Å². The molecule has 0 radical (unpaired) electrons. The molecule has 3 rings (SSSR count). The molecule has 2 aromatic rings. The number of anilines is 1. The van der Waals surface area contributed by atoms with E-state index in [2.05, 4.69) is 10.6 Å². The highest BCUT2D eigenvalue weighted by Gasteiger charge is 2.18. The first-order valence-electron chi connectivity index (χ1n) is 8.87. The van der Waals surface area contributed by atoms with E-state index in [1.807, 2.05) is 42.5 Å². The van der Waals surface area contributed by atoms with Gasteiger partial charge in [-0.3, -0.25) is 14.5 Å². The summed E-state index contributed by atoms with van der Waals surface area (Å²) in [6.45, 7) is 0.417. The number of likely N-dealkylation sites (N-methyl/N-ethyl adjacent to an activating group) is 1. The van der Waals surface area contributed by atoms with Gasteiger partial charge in [0.2, 0.25) is 11.8 Å². The number of benzene rings is 2. The van der Waals surface area contributed by atoms with Crippen molar-refractivity contribution in [3.63, 3.8) is 0 Å². The minimum Gasteiger partial charge on any atom is -0.352 e. The lowest BCUT2D eigenvalue weighted by Crippen LogP contribution is -2.42. The second kappa shape index (κ2) is 8.12. The lowest BCUT2D eigenvalue weighted by Gasteiger charge is -2.18. The van der Waals surface area contributed by atoms with Crippen molar-refractivity contribution >= 4 is 28.3 Å². The summed E-state index contributed by atoms with van der Waals surface area (Å²) in [6, 6.07) is 14.1. The number of fused-ring (bicyclic) bond motifs is 1. The predicted molar refractivity (Wildman–Crippen MR) is 100 cm³/mol. The van der Waals surface area contributed by atoms with Crippen molar-refractivity contribution in [1.82, 2.24) is 10.2 Å². The molecule has 1 saturated carbocycles. The van der Waals surface area contributed by atoms with E-state index in [9.17, 15) is 9.59 Å². The third kappa shape index (κ3) is 4.79. The second-order valence-electron chi connectivity index (χ2n) is 6.80. The molecule has 2 N–H and O–H groups in total. The third-order valence-corrected chi connectivity index (χ3v) is 4.61. The van der Waals surface area contributed by atoms with Crippen molar-refractivity contribution in [1.29, 1.82) is 0 Å². The fourth-order valence-corrected chi connectivity index (χ4v) is 3.41. The number of nitrogens with zero attached hydrogens (tertiary/aromatic N) is 1. The largest absolute Gasteiger partial charge is 0.352 e. The predicted octanol–water partition coefficient (Wildman–Crippen LogP) is 2.77. The molecule has 1 aliphatic rings. The maximum absolute atomic E-state index is 12.3. The Morgan fingerprint density at radius 2 is 1.68 bits per heavy atom. The summed E-state index contributed by atoms with van der Waals surface area (Å²) >= 11 is 0. The Morgan fingerprint density at radius 3 is 2.48 bits per heavy atom. The molecule has 0 spiro atoms. The topological polar surface area (TPSA) is 61.4 Å². The van der Waals surface area contributed by atoms with Gasteiger partial charge in [-0.05, 0) is 31.3 Å². The number of nitrogens with one attached hydrogen (secondary N) is 2. The van der Waals surface area contributed by atoms with Crippen LogP contribution >= 0.6 is 0 Å². The van der Waals surface area contributed by atoms with Crippen LogP contribution in [0.4, 0.5) is 5.69 Å². The fourth-order valence-electron chi connectivity index (χ4n) is 3.41. The Balaban J connectivity index is 1.52. The van der Waals surface area contributed by atoms with E-state index in [1.54, 1.807) is 11.9 Å². The molecular formula is C20H25N3O2. The Labute approximate surface area is 148 Å². The standard InChI is InChI=1S/C20H25N3O2/c1-23(13-19(24)21-16-9-3-4-10-16)14-20(25)22-18-12-6-8-15-7-2-5-11-17(15)18/h2,5-8,11-12,16H,3-4,9-10,13-14H2,1H3,(H,21,24)(H,22,25). The highest BCUT2D eigenvalue weighted by Crippen LogP contribution is 2.22. The quantitative estimate of drug-likeness (QED) is 0.851. The Hall–Kier alpha value is -2.40. The van der Waals surface area contributed by atoms with E-state index >= 15 is 0 Å². The van der Waals surface area contributed by atoms with Crippen molar-refractivity contribution in [3.05, 3.63) is 42.5 Å². The number of rotatable bonds is 6. The van der Waals surface area contributed by atoms with Crippen molar-refractivity contribution in [2.75, 3.05) is 25.5 Å². The normalized spacial score (nSPS) is 14.8. The average Bonchev–Trinajstić information content (AvgIpc) is 3.07. The highest BCUT2D eigenvalue weighted by atomic mass is 16.2. The molecule has 0 saturated heterocycles. The number of carbonyl (C=O) groups is 2. The van der Waals surface area contributed by atoms with E-state index in [4.69, 9.17) is 0 Å². The molecule has 0 bridgehead atoms. The van der Waals surface area contributed by atoms with Gasteiger partial charge in [0.1, 0.15) is 0 Å². The lowest BCUT2D eigenvalue weighted by atomic mass is 10.1. The van der Waals surface area contributed by atoms with Crippen LogP contribution in [0.5, 0.6) is 0 Å². The maximum atomic E-state index is 12.3. The summed E-state index contributed by atoms with van der Waals surface area (Å²) in [5.74, 6) is -0.125. The first kappa shape index (κ1) is 17.4. The van der Waals surface area contributed by atoms with Crippen LogP contribution in [0.15, 0.2) is 42.5 Å². The zero-order chi connectivity index (χ0) is 17.6. The molecule has 2 amide bonds. The summed E-state index contributed by atoms with van der Waals surface area (Å²) in [4.78, 5) is 26.1. The van der Waals surface area contributed by atoms with Crippen molar-refractivity contribution in [2.24, 2.45) is 0 Å². The van der Waals surface area contributed by atoms with Gasteiger partial charge in [0, 0.05) is 17.1 Å². The second-order valence-corrected chi connectivity index (χ2v) is 6.80. The van der Waals surface area contributed by atoms with Gasteiger partial charge in [0.05, 0.1) is 13.1 Å². The van der Waals surface area contributed by atoms with Crippen LogP contribution in [0.2, 0.25) is 0 Å². The smallest absolute Gasteiger partial charge is 0.238 e. The first-order valence-corrected chi connectivity index (χ1v) is 8.87. The molecule has 0 unspecified atom stereocenters. The highest BCUT2D eigenvalue weighted by molar-refractivity contribution is 6.02. The van der Waals surface area contributed by atoms with Crippen molar-refractivity contribution in [3.8, 4) is 0 Å². The SMILES string of the molecule is CN(CC(=O)Nc1cccc2ccccc12)CC(=O)NC1CCCC1. The zero-order valence-electron chi connectivity index (χ0n) is 14.6. The fraction of sp³-hybridized carbons (Fsp3) is 0.400. The summed E-state index contributed by atoms with van der Waals surface area (Å²) in [6.07, 6.45) is 4.51. The Kier molecular flexibility index (Phi) is 5.66. The number of hydrogen-bond acceptors (Lipinski definition) is 3. The van der Waals surface area contributed by atoms with Crippen LogP contribution in [-0.2, 0) is 9.59 Å². The zero-order valence-corrected chi connectivity index (χ0v) is 14.6. The molecule has 0 aliphatic heterocycles. The lowest BCUT2D eigenvalue weighted by molar-refractivity contribution is -0.123. The molecule has 25 heavy (non-hydrogen) atoms. The van der Waals surface area contributed by atoms with E-state index in [0.29, 0.717) is 6.04 Å². The summed E-state index contributed by atoms with van der Waals surface area (Å²) < 4.78 is 0. The minimum absolute atomic E-state index is 0.00707. The van der Waals surface area contributed by atoms with Gasteiger partial charge in [-0.2, -0.15) is 0 Å². The molecule has 0 atom stereocenters. The van der Waals surface area contributed by atoms with Gasteiger partial charge < -0.3 is 10.6 Å². The van der Waals surface area contributed by atoms with Gasteiger partial charge in [0.15, 0.2) is 0 Å². The maximum Gasteiger partial charge on any atom is 0.238 e. The molecule has 5 heteroatoms. The monoisotopic (exact) mass is 339 g/mol. The molecule has 5 nitrogen and oxygen atoms in total. The van der Waals surface area contributed by atoms with Crippen LogP contribution in [-0.4, -0.2) is 42.9 Å². The summed E-state index contributed by atoms with van der Waals surface area (Å²) in [5.41, 5.74) is 0.798. The number of amides is 2. The molecule has 1 aliphatic carbocycles. The first-order chi connectivity index (χ1) is 12.1. The molecule has 0 aromatic heterocycles. The average molecular weight is 339 g/mol.